The van der Waals surface area contributed by atoms with Crippen molar-refractivity contribution in [2.24, 2.45) is 10.7 Å². The minimum absolute atomic E-state index is 0.158. The molecule has 0 aliphatic rings. The second kappa shape index (κ2) is 5.53. The zero-order valence-electron chi connectivity index (χ0n) is 8.83. The quantitative estimate of drug-likeness (QED) is 0.559. The van der Waals surface area contributed by atoms with E-state index in [1.54, 1.807) is 24.3 Å². The van der Waals surface area contributed by atoms with Crippen LogP contribution in [0.15, 0.2) is 29.3 Å². The first-order valence-corrected chi connectivity index (χ1v) is 4.74. The Hall–Kier alpha value is -1.76. The molecule has 0 aliphatic carbocycles. The molecule has 4 nitrogen and oxygen atoms in total. The number of guanidine groups is 1. The summed E-state index contributed by atoms with van der Waals surface area (Å²) in [5.74, 6) is -0.322. The smallest absolute Gasteiger partial charge is 0.392 e. The van der Waals surface area contributed by atoms with Crippen LogP contribution in [0.4, 0.5) is 18.9 Å². The molecule has 7 heteroatoms. The second-order valence-electron chi connectivity index (χ2n) is 3.30. The van der Waals surface area contributed by atoms with E-state index in [-0.39, 0.29) is 12.6 Å². The lowest BCUT2D eigenvalue weighted by molar-refractivity contribution is -0.118. The molecule has 0 atom stereocenters. The van der Waals surface area contributed by atoms with Crippen molar-refractivity contribution >= 4 is 11.6 Å². The second-order valence-corrected chi connectivity index (χ2v) is 3.30. The Balaban J connectivity index is 2.64. The number of benzene rings is 1. The van der Waals surface area contributed by atoms with Crippen LogP contribution in [0.1, 0.15) is 5.56 Å². The molecule has 0 heterocycles. The normalized spacial score (nSPS) is 12.6. The highest BCUT2D eigenvalue weighted by atomic mass is 19.4. The minimum atomic E-state index is -4.38. The molecule has 0 fully saturated rings. The van der Waals surface area contributed by atoms with Crippen LogP contribution in [0, 0.1) is 0 Å². The molecule has 0 bridgehead atoms. The molecule has 1 aromatic rings. The van der Waals surface area contributed by atoms with Crippen LogP contribution in [0.25, 0.3) is 0 Å². The fourth-order valence-electron chi connectivity index (χ4n) is 1.11. The first kappa shape index (κ1) is 13.3. The van der Waals surface area contributed by atoms with Crippen molar-refractivity contribution in [2.45, 2.75) is 12.8 Å². The van der Waals surface area contributed by atoms with Crippen molar-refractivity contribution in [1.82, 2.24) is 0 Å². The summed E-state index contributed by atoms with van der Waals surface area (Å²) < 4.78 is 35.5. The molecule has 94 valence electrons. The van der Waals surface area contributed by atoms with E-state index in [0.717, 1.165) is 0 Å². The molecular formula is C10H12F3N3O. The Morgan fingerprint density at radius 2 is 2.12 bits per heavy atom. The maximum absolute atomic E-state index is 11.8. The van der Waals surface area contributed by atoms with Crippen LogP contribution >= 0.6 is 0 Å². The van der Waals surface area contributed by atoms with Gasteiger partial charge >= 0.3 is 6.18 Å². The number of nitrogens with zero attached hydrogens (tertiary/aromatic N) is 1. The highest BCUT2D eigenvalue weighted by Crippen LogP contribution is 2.14. The number of aliphatic hydroxyl groups excluding tert-OH is 1. The number of aliphatic imine (C=N–C) groups is 1. The number of hydrogen-bond acceptors (Lipinski definition) is 2. The predicted octanol–water partition coefficient (Wildman–Crippen LogP) is 1.47. The minimum Gasteiger partial charge on any atom is -0.392 e. The van der Waals surface area contributed by atoms with Gasteiger partial charge in [-0.1, -0.05) is 12.1 Å². The van der Waals surface area contributed by atoms with Crippen LogP contribution in [-0.2, 0) is 6.61 Å². The average Bonchev–Trinajstić information content (AvgIpc) is 2.26. The summed E-state index contributed by atoms with van der Waals surface area (Å²) in [6.07, 6.45) is -4.38. The molecule has 4 N–H and O–H groups in total. The zero-order valence-corrected chi connectivity index (χ0v) is 8.83. The summed E-state index contributed by atoms with van der Waals surface area (Å²) in [4.78, 5) is 3.14. The maximum Gasteiger partial charge on any atom is 0.408 e. The van der Waals surface area contributed by atoms with Crippen molar-refractivity contribution in [3.63, 3.8) is 0 Å². The predicted molar refractivity (Wildman–Crippen MR) is 58.5 cm³/mol. The first-order valence-electron chi connectivity index (χ1n) is 4.74. The van der Waals surface area contributed by atoms with Crippen molar-refractivity contribution in [1.29, 1.82) is 0 Å². The summed E-state index contributed by atoms with van der Waals surface area (Å²) >= 11 is 0. The van der Waals surface area contributed by atoms with E-state index >= 15 is 0 Å². The van der Waals surface area contributed by atoms with Gasteiger partial charge in [-0.3, -0.25) is 0 Å². The molecule has 0 aliphatic heterocycles. The van der Waals surface area contributed by atoms with Gasteiger partial charge in [-0.15, -0.1) is 0 Å². The number of nitrogens with two attached hydrogens (primary N) is 1. The SMILES string of the molecule is NC(=NCC(F)(F)F)Nc1cccc(CO)c1. The number of hydrogen-bond donors (Lipinski definition) is 3. The Morgan fingerprint density at radius 1 is 1.41 bits per heavy atom. The van der Waals surface area contributed by atoms with Crippen LogP contribution < -0.4 is 11.1 Å². The molecule has 0 unspecified atom stereocenters. The van der Waals surface area contributed by atoms with Crippen molar-refractivity contribution in [3.05, 3.63) is 29.8 Å². The third-order valence-corrected chi connectivity index (χ3v) is 1.81. The zero-order chi connectivity index (χ0) is 12.9. The maximum atomic E-state index is 11.8. The van der Waals surface area contributed by atoms with Crippen molar-refractivity contribution in [3.8, 4) is 0 Å². The Labute approximate surface area is 96.0 Å². The van der Waals surface area contributed by atoms with Gasteiger partial charge in [-0.25, -0.2) is 4.99 Å². The van der Waals surface area contributed by atoms with Gasteiger partial charge in [0.2, 0.25) is 0 Å². The molecule has 1 rings (SSSR count). The number of alkyl halides is 3. The number of aliphatic hydroxyl groups is 1. The van der Waals surface area contributed by atoms with Gasteiger partial charge in [0.1, 0.15) is 6.54 Å². The van der Waals surface area contributed by atoms with Crippen LogP contribution in [0.2, 0.25) is 0 Å². The molecular weight excluding hydrogens is 235 g/mol. The molecule has 1 aromatic carbocycles. The number of rotatable bonds is 3. The monoisotopic (exact) mass is 247 g/mol. The Kier molecular flexibility index (Phi) is 4.33. The molecule has 0 saturated carbocycles. The third kappa shape index (κ3) is 5.21. The van der Waals surface area contributed by atoms with E-state index in [2.05, 4.69) is 10.3 Å². The lowest BCUT2D eigenvalue weighted by atomic mass is 10.2. The fraction of sp³-hybridized carbons (Fsp3) is 0.300. The van der Waals surface area contributed by atoms with Gasteiger partial charge in [0.05, 0.1) is 6.61 Å². The van der Waals surface area contributed by atoms with E-state index in [1.807, 2.05) is 0 Å². The van der Waals surface area contributed by atoms with E-state index in [1.165, 1.54) is 0 Å². The topological polar surface area (TPSA) is 70.6 Å². The van der Waals surface area contributed by atoms with Gasteiger partial charge < -0.3 is 16.2 Å². The fourth-order valence-corrected chi connectivity index (χ4v) is 1.11. The number of halogens is 3. The summed E-state index contributed by atoms with van der Waals surface area (Å²) in [6.45, 7) is -1.49. The first-order chi connectivity index (χ1) is 7.90. The van der Waals surface area contributed by atoms with E-state index < -0.39 is 12.7 Å². The molecule has 0 saturated heterocycles. The number of anilines is 1. The molecule has 0 radical (unpaired) electrons. The van der Waals surface area contributed by atoms with Gasteiger partial charge in [-0.05, 0) is 17.7 Å². The van der Waals surface area contributed by atoms with Crippen molar-refractivity contribution < 1.29 is 18.3 Å². The van der Waals surface area contributed by atoms with Crippen LogP contribution in [0.3, 0.4) is 0 Å². The molecule has 17 heavy (non-hydrogen) atoms. The summed E-state index contributed by atoms with van der Waals surface area (Å²) in [6, 6.07) is 6.49. The van der Waals surface area contributed by atoms with E-state index in [0.29, 0.717) is 11.3 Å². The van der Waals surface area contributed by atoms with Crippen molar-refractivity contribution in [2.75, 3.05) is 11.9 Å². The molecule has 0 aromatic heterocycles. The van der Waals surface area contributed by atoms with Gasteiger partial charge in [0.25, 0.3) is 0 Å². The van der Waals surface area contributed by atoms with E-state index in [4.69, 9.17) is 10.8 Å². The van der Waals surface area contributed by atoms with Gasteiger partial charge in [0, 0.05) is 5.69 Å². The highest BCUT2D eigenvalue weighted by molar-refractivity contribution is 5.92. The van der Waals surface area contributed by atoms with Gasteiger partial charge in [-0.2, -0.15) is 13.2 Å². The lowest BCUT2D eigenvalue weighted by Gasteiger charge is -2.07. The van der Waals surface area contributed by atoms with E-state index in [9.17, 15) is 13.2 Å². The summed E-state index contributed by atoms with van der Waals surface area (Å²) in [5, 5.41) is 11.4. The largest absolute Gasteiger partial charge is 0.408 e. The molecule has 0 spiro atoms. The molecule has 0 amide bonds. The summed E-state index contributed by atoms with van der Waals surface area (Å²) in [7, 11) is 0. The van der Waals surface area contributed by atoms with Crippen LogP contribution in [0.5, 0.6) is 0 Å². The number of nitrogens with one attached hydrogen (secondary N) is 1. The standard InChI is InChI=1S/C10H12F3N3O/c11-10(12,13)6-15-9(14)16-8-3-1-2-7(4-8)5-17/h1-4,17H,5-6H2,(H3,14,15,16). The Bertz CT molecular complexity index is 404. The average molecular weight is 247 g/mol. The highest BCUT2D eigenvalue weighted by Gasteiger charge is 2.26. The third-order valence-electron chi connectivity index (χ3n) is 1.81. The Morgan fingerprint density at radius 3 is 2.71 bits per heavy atom. The van der Waals surface area contributed by atoms with Crippen LogP contribution in [-0.4, -0.2) is 23.8 Å². The van der Waals surface area contributed by atoms with Gasteiger partial charge in [0.15, 0.2) is 5.96 Å². The summed E-state index contributed by atoms with van der Waals surface area (Å²) in [5.41, 5.74) is 6.38. The lowest BCUT2D eigenvalue weighted by Crippen LogP contribution is -2.25.